The molecule has 2 atom stereocenters. The number of aromatic nitrogens is 6. The Hall–Kier alpha value is 1.20. The number of rotatable bonds is 22. The fourth-order valence-corrected chi connectivity index (χ4v) is 7.91. The maximum absolute atomic E-state index is 12.5. The number of hydrogen-bond acceptors (Lipinski definition) is 26. The summed E-state index contributed by atoms with van der Waals surface area (Å²) in [6, 6.07) is 6.87. The van der Waals surface area contributed by atoms with Crippen molar-refractivity contribution in [1.82, 2.24) is 29.9 Å². The van der Waals surface area contributed by atoms with Gasteiger partial charge in [0.05, 0.1) is 53.7 Å². The molecular weight excluding hydrogens is 1200 g/mol. The molecule has 0 fully saturated rings. The summed E-state index contributed by atoms with van der Waals surface area (Å²) in [5.41, 5.74) is -0.548. The van der Waals surface area contributed by atoms with E-state index >= 15 is 0 Å². The van der Waals surface area contributed by atoms with Crippen LogP contribution in [-0.4, -0.2) is 170 Å². The summed E-state index contributed by atoms with van der Waals surface area (Å²) >= 11 is 0. The van der Waals surface area contributed by atoms with Gasteiger partial charge in [-0.25, -0.2) is 33.7 Å². The summed E-state index contributed by atoms with van der Waals surface area (Å²) in [5, 5.41) is 25.3. The van der Waals surface area contributed by atoms with Gasteiger partial charge in [0.15, 0.2) is 0 Å². The van der Waals surface area contributed by atoms with E-state index in [-0.39, 0.29) is 292 Å². The van der Waals surface area contributed by atoms with Crippen LogP contribution in [0.1, 0.15) is 25.0 Å². The first kappa shape index (κ1) is 72.3. The molecule has 4 aromatic rings. The van der Waals surface area contributed by atoms with Crippen LogP contribution >= 0.6 is 0 Å². The first-order chi connectivity index (χ1) is 29.5. The third kappa shape index (κ3) is 24.8. The molecule has 0 saturated carbocycles. The summed E-state index contributed by atoms with van der Waals surface area (Å²) in [6.45, 7) is 2.47. The zero-order valence-electron chi connectivity index (χ0n) is 39.3. The SMILES string of the molecule is CC(O)CN(C)c1nc(Nc2ccc(C=Cc3ccc(Nc4nc(N(C)CCS(=O)(=O)[O-])nc(N(C)CC(C)O)n4)cc3S(=O)(=O)[O-])c(S(=O)(=O)[O-])c2)nc(N(C)CCS(=O)(=O)[O-])n1.[I-].[K+].[K+].[K+].[Na+]. The maximum atomic E-state index is 12.5. The minimum Gasteiger partial charge on any atom is -1.00 e. The summed E-state index contributed by atoms with van der Waals surface area (Å²) in [5.74, 6) is -2.27. The van der Waals surface area contributed by atoms with Gasteiger partial charge in [0.25, 0.3) is 0 Å². The van der Waals surface area contributed by atoms with Crippen LogP contribution in [0.15, 0.2) is 46.2 Å². The van der Waals surface area contributed by atoms with E-state index in [4.69, 9.17) is 0 Å². The molecule has 360 valence electrons. The fraction of sp³-hybridized carbons (Fsp3) is 0.412. The van der Waals surface area contributed by atoms with Crippen molar-refractivity contribution < 1.29 is 270 Å². The van der Waals surface area contributed by atoms with Crippen molar-refractivity contribution in [2.45, 2.75) is 35.8 Å². The minimum absolute atomic E-state index is 0. The average Bonchev–Trinajstić information content (AvgIpc) is 3.16. The Bertz CT molecular complexity index is 2640. The molecule has 0 bridgehead atoms. The van der Waals surface area contributed by atoms with E-state index in [0.29, 0.717) is 0 Å². The number of aliphatic hydroxyl groups excluding tert-OH is 2. The molecule has 0 radical (unpaired) electrons. The third-order valence-electron chi connectivity index (χ3n) is 8.54. The first-order valence-electron chi connectivity index (χ1n) is 18.5. The van der Waals surface area contributed by atoms with Gasteiger partial charge in [-0.05, 0) is 49.2 Å². The Morgan fingerprint density at radius 2 is 0.841 bits per heavy atom. The molecule has 2 aromatic carbocycles. The van der Waals surface area contributed by atoms with E-state index in [1.54, 1.807) is 0 Å². The quantitative estimate of drug-likeness (QED) is 0.0246. The second kappa shape index (κ2) is 31.4. The molecule has 4 rings (SSSR count). The van der Waals surface area contributed by atoms with Crippen LogP contribution in [0.5, 0.6) is 0 Å². The monoisotopic (exact) mass is 1240 g/mol. The van der Waals surface area contributed by atoms with Crippen LogP contribution in [0.3, 0.4) is 0 Å². The van der Waals surface area contributed by atoms with Crippen molar-refractivity contribution in [3.63, 3.8) is 0 Å². The largest absolute Gasteiger partial charge is 1.00 e. The van der Waals surface area contributed by atoms with Gasteiger partial charge in [-0.2, -0.15) is 29.9 Å². The molecule has 69 heavy (non-hydrogen) atoms. The second-order valence-corrected chi connectivity index (χ2v) is 20.1. The van der Waals surface area contributed by atoms with Gasteiger partial charge in [-0.15, -0.1) is 0 Å². The smallest absolute Gasteiger partial charge is 1.00 e. The van der Waals surface area contributed by atoms with Crippen molar-refractivity contribution in [3.05, 3.63) is 47.5 Å². The number of benzene rings is 2. The van der Waals surface area contributed by atoms with Gasteiger partial charge in [0, 0.05) is 65.7 Å². The zero-order chi connectivity index (χ0) is 47.9. The van der Waals surface area contributed by atoms with Crippen LogP contribution in [-0.2, 0) is 40.5 Å². The molecule has 26 nitrogen and oxygen atoms in total. The molecule has 2 heterocycles. The molecule has 0 aliphatic rings. The van der Waals surface area contributed by atoms with Crippen molar-refractivity contribution in [1.29, 1.82) is 0 Å². The van der Waals surface area contributed by atoms with E-state index < -0.39 is 74.0 Å². The molecule has 0 spiro atoms. The van der Waals surface area contributed by atoms with E-state index in [0.717, 1.165) is 24.3 Å². The van der Waals surface area contributed by atoms with Gasteiger partial charge in [0.1, 0.15) is 20.2 Å². The van der Waals surface area contributed by atoms with Crippen molar-refractivity contribution in [2.24, 2.45) is 0 Å². The Balaban J connectivity index is 0. The Morgan fingerprint density at radius 3 is 1.10 bits per heavy atom. The van der Waals surface area contributed by atoms with Crippen LogP contribution in [0, 0.1) is 0 Å². The summed E-state index contributed by atoms with van der Waals surface area (Å²) in [7, 11) is -13.8. The van der Waals surface area contributed by atoms with Crippen molar-refractivity contribution in [3.8, 4) is 0 Å². The summed E-state index contributed by atoms with van der Waals surface area (Å²) < 4.78 is 143. The zero-order valence-corrected chi connectivity index (χ0v) is 56.1. The minimum atomic E-state index is -5.25. The molecule has 0 aliphatic heterocycles. The number of nitrogens with one attached hydrogen (secondary N) is 2. The van der Waals surface area contributed by atoms with E-state index in [2.05, 4.69) is 40.5 Å². The predicted molar refractivity (Wildman–Crippen MR) is 230 cm³/mol. The number of likely N-dealkylation sites (N-methyl/N-ethyl adjacent to an activating group) is 2. The van der Waals surface area contributed by atoms with E-state index in [1.807, 2.05) is 0 Å². The summed E-state index contributed by atoms with van der Waals surface area (Å²) in [6.07, 6.45) is 0.483. The number of nitrogens with zero attached hydrogens (tertiary/aromatic N) is 10. The number of halogens is 1. The fourth-order valence-electron chi connectivity index (χ4n) is 5.53. The molecular formula is C34H44IK3N12NaO14S4-. The van der Waals surface area contributed by atoms with E-state index in [9.17, 15) is 62.1 Å². The molecule has 35 heteroatoms. The number of aliphatic hydroxyl groups is 2. The molecule has 4 N–H and O–H groups in total. The van der Waals surface area contributed by atoms with Gasteiger partial charge >= 0.3 is 184 Å². The van der Waals surface area contributed by atoms with Crippen LogP contribution in [0.25, 0.3) is 12.2 Å². The van der Waals surface area contributed by atoms with Gasteiger partial charge in [0.2, 0.25) is 35.7 Å². The molecule has 0 saturated heterocycles. The molecule has 0 amide bonds. The summed E-state index contributed by atoms with van der Waals surface area (Å²) in [4.78, 5) is 29.3. The number of hydrogen-bond donors (Lipinski definition) is 4. The molecule has 2 unspecified atom stereocenters. The Labute approximate surface area is 568 Å². The maximum Gasteiger partial charge on any atom is 1.00 e. The van der Waals surface area contributed by atoms with Gasteiger partial charge in [-0.3, -0.25) is 0 Å². The Kier molecular flexibility index (Phi) is 32.9. The van der Waals surface area contributed by atoms with Crippen molar-refractivity contribution in [2.75, 3.05) is 96.1 Å². The number of anilines is 8. The topological polar surface area (TPSA) is 384 Å². The Morgan fingerprint density at radius 1 is 0.551 bits per heavy atom. The standard InChI is InChI=1S/C34H48N12O14S4.HI.3K.Na/c1-21(47)19-45(5)33-39-29(37-31(41-33)43(3)13-15-61(49,50)51)35-25-11-9-23(27(17-25)63(55,56)57)7-8-24-10-12-26(18-28(24)64(58,59)60)36-30-38-32(44(4)14-16-62(52,53)54)42-34(40-30)46(6)20-22(2)48;;;;;/h7-12,17-18,21-22,47-48H,13-16,19-20H2,1-6H3,(H,49,50,51)(H,52,53,54)(H,55,56,57)(H,58,59,60)(H,35,37,39,41)(H,36,38,40,42);1H;;;;/q;;4*+1/p-5. The van der Waals surface area contributed by atoms with Gasteiger partial charge in [-0.1, -0.05) is 24.3 Å². The average molecular weight is 1240 g/mol. The van der Waals surface area contributed by atoms with Crippen LogP contribution in [0.2, 0.25) is 0 Å². The molecule has 0 aliphatic carbocycles. The predicted octanol–water partition coefficient (Wildman–Crippen LogP) is -15.9. The van der Waals surface area contributed by atoms with Crippen LogP contribution in [0.4, 0.5) is 47.1 Å². The van der Waals surface area contributed by atoms with Gasteiger partial charge < -0.3 is 82.6 Å². The normalized spacial score (nSPS) is 12.4. The van der Waals surface area contributed by atoms with Crippen LogP contribution < -0.4 is 238 Å². The first-order valence-corrected chi connectivity index (χ1v) is 24.5. The third-order valence-corrected chi connectivity index (χ3v) is 11.7. The van der Waals surface area contributed by atoms with E-state index in [1.165, 1.54) is 85.9 Å². The van der Waals surface area contributed by atoms with Crippen molar-refractivity contribution >= 4 is 99.7 Å². The second-order valence-electron chi connectivity index (χ2n) is 14.3. The molecule has 2 aromatic heterocycles.